The summed E-state index contributed by atoms with van der Waals surface area (Å²) < 4.78 is 0. The first-order valence-electron chi connectivity index (χ1n) is 3.47. The van der Waals surface area contributed by atoms with Gasteiger partial charge in [0.15, 0.2) is 0 Å². The molecule has 0 spiro atoms. The van der Waals surface area contributed by atoms with Gasteiger partial charge < -0.3 is 5.73 Å². The first-order chi connectivity index (χ1) is 4.88. The molecule has 0 unspecified atom stereocenters. The zero-order valence-corrected chi connectivity index (χ0v) is 5.67. The summed E-state index contributed by atoms with van der Waals surface area (Å²) in [6, 6.07) is 0. The van der Waals surface area contributed by atoms with Gasteiger partial charge in [-0.3, -0.25) is 0 Å². The highest BCUT2D eigenvalue weighted by molar-refractivity contribution is 5.44. The second-order valence-corrected chi connectivity index (χ2v) is 2.59. The molecule has 0 bridgehead atoms. The van der Waals surface area contributed by atoms with Gasteiger partial charge in [0.2, 0.25) is 0 Å². The molecule has 0 saturated carbocycles. The third-order valence-corrected chi connectivity index (χ3v) is 1.95. The molecule has 0 aromatic carbocycles. The van der Waals surface area contributed by atoms with Gasteiger partial charge in [-0.05, 0) is 24.8 Å². The molecule has 1 aromatic heterocycles. The van der Waals surface area contributed by atoms with E-state index >= 15 is 0 Å². The molecular formula is C7H9N3. The van der Waals surface area contributed by atoms with Gasteiger partial charge in [-0.15, -0.1) is 5.10 Å². The Bertz CT molecular complexity index is 257. The number of nitrogens with two attached hydrogens (primary N) is 1. The number of fused-ring (bicyclic) bond motifs is 1. The van der Waals surface area contributed by atoms with Crippen LogP contribution in [0.4, 0.5) is 5.82 Å². The van der Waals surface area contributed by atoms with E-state index in [2.05, 4.69) is 10.2 Å². The molecule has 1 aliphatic carbocycles. The minimum absolute atomic E-state index is 0.620. The van der Waals surface area contributed by atoms with Crippen LogP contribution < -0.4 is 5.73 Å². The predicted molar refractivity (Wildman–Crippen MR) is 38.5 cm³/mol. The monoisotopic (exact) mass is 135 g/mol. The number of nitrogens with zero attached hydrogens (tertiary/aromatic N) is 2. The van der Waals surface area contributed by atoms with Crippen molar-refractivity contribution in [3.05, 3.63) is 17.3 Å². The molecule has 0 saturated heterocycles. The fourth-order valence-electron chi connectivity index (χ4n) is 1.42. The molecule has 52 valence electrons. The van der Waals surface area contributed by atoms with Gasteiger partial charge in [0, 0.05) is 5.56 Å². The summed E-state index contributed by atoms with van der Waals surface area (Å²) in [6.45, 7) is 0. The predicted octanol–water partition coefficient (Wildman–Crippen LogP) is 0.547. The molecule has 1 aromatic rings. The van der Waals surface area contributed by atoms with Gasteiger partial charge >= 0.3 is 0 Å². The van der Waals surface area contributed by atoms with Gasteiger partial charge in [-0.1, -0.05) is 0 Å². The van der Waals surface area contributed by atoms with Crippen LogP contribution in [0, 0.1) is 0 Å². The van der Waals surface area contributed by atoms with E-state index in [1.807, 2.05) is 6.20 Å². The van der Waals surface area contributed by atoms with Crippen molar-refractivity contribution in [2.45, 2.75) is 19.3 Å². The summed E-state index contributed by atoms with van der Waals surface area (Å²) in [5.41, 5.74) is 8.10. The zero-order chi connectivity index (χ0) is 6.97. The lowest BCUT2D eigenvalue weighted by Gasteiger charge is -1.97. The maximum Gasteiger partial charge on any atom is 0.149 e. The van der Waals surface area contributed by atoms with E-state index in [4.69, 9.17) is 5.73 Å². The standard InChI is InChI=1S/C7H9N3/c8-7-6-3-1-2-5(6)4-9-10-7/h4H,1-3H2,(H2,8,10). The van der Waals surface area contributed by atoms with Crippen LogP contribution in [0.3, 0.4) is 0 Å². The van der Waals surface area contributed by atoms with Crippen LogP contribution >= 0.6 is 0 Å². The highest BCUT2D eigenvalue weighted by Gasteiger charge is 2.13. The van der Waals surface area contributed by atoms with E-state index in [0.717, 1.165) is 12.8 Å². The molecular weight excluding hydrogens is 126 g/mol. The number of nitrogen functional groups attached to an aromatic ring is 1. The molecule has 0 atom stereocenters. The summed E-state index contributed by atoms with van der Waals surface area (Å²) in [5, 5.41) is 7.56. The van der Waals surface area contributed by atoms with Crippen LogP contribution in [0.15, 0.2) is 6.20 Å². The SMILES string of the molecule is Nc1nncc2c1CCC2. The second kappa shape index (κ2) is 1.94. The molecule has 0 fully saturated rings. The van der Waals surface area contributed by atoms with Gasteiger partial charge in [0.25, 0.3) is 0 Å². The fraction of sp³-hybridized carbons (Fsp3) is 0.429. The number of aryl methyl sites for hydroxylation is 1. The molecule has 10 heavy (non-hydrogen) atoms. The first kappa shape index (κ1) is 5.65. The highest BCUT2D eigenvalue weighted by atomic mass is 15.1. The van der Waals surface area contributed by atoms with E-state index in [9.17, 15) is 0 Å². The van der Waals surface area contributed by atoms with Crippen LogP contribution in [0.1, 0.15) is 17.5 Å². The largest absolute Gasteiger partial charge is 0.382 e. The molecule has 3 heteroatoms. The van der Waals surface area contributed by atoms with Gasteiger partial charge in [-0.25, -0.2) is 0 Å². The number of hydrogen-bond donors (Lipinski definition) is 1. The molecule has 3 nitrogen and oxygen atoms in total. The van der Waals surface area contributed by atoms with Crippen molar-refractivity contribution in [2.24, 2.45) is 0 Å². The normalized spacial score (nSPS) is 15.2. The zero-order valence-electron chi connectivity index (χ0n) is 5.67. The van der Waals surface area contributed by atoms with E-state index in [-0.39, 0.29) is 0 Å². The number of hydrogen-bond acceptors (Lipinski definition) is 3. The lowest BCUT2D eigenvalue weighted by Crippen LogP contribution is -1.98. The Balaban J connectivity index is 2.59. The number of anilines is 1. The maximum absolute atomic E-state index is 5.60. The van der Waals surface area contributed by atoms with E-state index in [1.54, 1.807) is 0 Å². The van der Waals surface area contributed by atoms with Crippen molar-refractivity contribution in [1.82, 2.24) is 10.2 Å². The minimum atomic E-state index is 0.620. The lowest BCUT2D eigenvalue weighted by molar-refractivity contribution is 0.911. The van der Waals surface area contributed by atoms with Crippen molar-refractivity contribution in [2.75, 3.05) is 5.73 Å². The number of rotatable bonds is 0. The Labute approximate surface area is 59.3 Å². The van der Waals surface area contributed by atoms with Crippen LogP contribution in [0.5, 0.6) is 0 Å². The first-order valence-corrected chi connectivity index (χ1v) is 3.47. The Morgan fingerprint density at radius 1 is 1.40 bits per heavy atom. The van der Waals surface area contributed by atoms with Crippen molar-refractivity contribution in [3.8, 4) is 0 Å². The van der Waals surface area contributed by atoms with Gasteiger partial charge in [-0.2, -0.15) is 5.10 Å². The maximum atomic E-state index is 5.60. The van der Waals surface area contributed by atoms with Crippen molar-refractivity contribution < 1.29 is 0 Å². The van der Waals surface area contributed by atoms with Crippen LogP contribution in [0.25, 0.3) is 0 Å². The minimum Gasteiger partial charge on any atom is -0.382 e. The molecule has 0 radical (unpaired) electrons. The Morgan fingerprint density at radius 3 is 3.10 bits per heavy atom. The van der Waals surface area contributed by atoms with Crippen LogP contribution in [-0.4, -0.2) is 10.2 Å². The average Bonchev–Trinajstić information content (AvgIpc) is 2.36. The Hall–Kier alpha value is -1.12. The summed E-state index contributed by atoms with van der Waals surface area (Å²) in [4.78, 5) is 0. The van der Waals surface area contributed by atoms with E-state index in [0.29, 0.717) is 5.82 Å². The van der Waals surface area contributed by atoms with Gasteiger partial charge in [0.05, 0.1) is 6.20 Å². The molecule has 2 rings (SSSR count). The van der Waals surface area contributed by atoms with Crippen molar-refractivity contribution >= 4 is 5.82 Å². The smallest absolute Gasteiger partial charge is 0.149 e. The second-order valence-electron chi connectivity index (χ2n) is 2.59. The van der Waals surface area contributed by atoms with Crippen molar-refractivity contribution in [3.63, 3.8) is 0 Å². The van der Waals surface area contributed by atoms with Crippen molar-refractivity contribution in [1.29, 1.82) is 0 Å². The molecule has 0 amide bonds. The Morgan fingerprint density at radius 2 is 2.30 bits per heavy atom. The lowest BCUT2D eigenvalue weighted by atomic mass is 10.2. The third-order valence-electron chi connectivity index (χ3n) is 1.95. The number of aromatic nitrogens is 2. The molecule has 1 aliphatic rings. The van der Waals surface area contributed by atoms with Crippen LogP contribution in [0.2, 0.25) is 0 Å². The topological polar surface area (TPSA) is 51.8 Å². The summed E-state index contributed by atoms with van der Waals surface area (Å²) >= 11 is 0. The molecule has 2 N–H and O–H groups in total. The molecule has 1 heterocycles. The molecule has 0 aliphatic heterocycles. The third kappa shape index (κ3) is 0.667. The quantitative estimate of drug-likeness (QED) is 0.565. The highest BCUT2D eigenvalue weighted by Crippen LogP contribution is 2.23. The van der Waals surface area contributed by atoms with Crippen LogP contribution in [-0.2, 0) is 12.8 Å². The Kier molecular flexibility index (Phi) is 1.09. The average molecular weight is 135 g/mol. The summed E-state index contributed by atoms with van der Waals surface area (Å²) in [6.07, 6.45) is 5.22. The van der Waals surface area contributed by atoms with E-state index in [1.165, 1.54) is 17.5 Å². The fourth-order valence-corrected chi connectivity index (χ4v) is 1.42. The van der Waals surface area contributed by atoms with E-state index < -0.39 is 0 Å². The summed E-state index contributed by atoms with van der Waals surface area (Å²) in [5.74, 6) is 0.620. The van der Waals surface area contributed by atoms with Gasteiger partial charge in [0.1, 0.15) is 5.82 Å². The summed E-state index contributed by atoms with van der Waals surface area (Å²) in [7, 11) is 0.